The van der Waals surface area contributed by atoms with Crippen LogP contribution in [-0.4, -0.2) is 10.9 Å². The van der Waals surface area contributed by atoms with Gasteiger partial charge in [-0.15, -0.1) is 0 Å². The van der Waals surface area contributed by atoms with Crippen LogP contribution >= 0.6 is 0 Å². The number of nitrogens with two attached hydrogens (primary N) is 1. The first-order valence-corrected chi connectivity index (χ1v) is 7.22. The number of rotatable bonds is 4. The monoisotopic (exact) mass is 297 g/mol. The zero-order chi connectivity index (χ0) is 15.1. The van der Waals surface area contributed by atoms with Crippen LogP contribution in [0.15, 0.2) is 39.4 Å². The van der Waals surface area contributed by atoms with Gasteiger partial charge in [0, 0.05) is 11.6 Å². The van der Waals surface area contributed by atoms with Crippen molar-refractivity contribution in [3.63, 3.8) is 0 Å². The van der Waals surface area contributed by atoms with Gasteiger partial charge in [0.2, 0.25) is 0 Å². The number of benzene rings is 1. The Balaban J connectivity index is 1.56. The summed E-state index contributed by atoms with van der Waals surface area (Å²) >= 11 is 0. The number of aromatic nitrogens is 1. The Bertz CT molecular complexity index is 845. The first-order chi connectivity index (χ1) is 10.7. The minimum absolute atomic E-state index is 0.242. The molecule has 2 aromatic heterocycles. The number of carbonyl (C=O) groups is 1. The van der Waals surface area contributed by atoms with Gasteiger partial charge in [-0.1, -0.05) is 0 Å². The molecule has 3 N–H and O–H groups in total. The van der Waals surface area contributed by atoms with Crippen molar-refractivity contribution in [1.82, 2.24) is 4.98 Å². The minimum Gasteiger partial charge on any atom is -0.467 e. The highest BCUT2D eigenvalue weighted by Crippen LogP contribution is 2.40. The molecule has 2 heterocycles. The number of amides is 1. The van der Waals surface area contributed by atoms with Gasteiger partial charge >= 0.3 is 0 Å². The number of nitrogens with zero attached hydrogens (tertiary/aromatic N) is 1. The standard InChI is InChI=1S/C16H15N3O3/c17-7-12-5-10(8-21-12)15(20)18-11-3-4-14-13(6-11)19-16(22-14)9-1-2-9/h3-6,8-9H,1-2,7,17H2,(H,18,20). The fraction of sp³-hybridized carbons (Fsp3) is 0.250. The summed E-state index contributed by atoms with van der Waals surface area (Å²) in [6.45, 7) is 0.266. The lowest BCUT2D eigenvalue weighted by atomic mass is 10.2. The quantitative estimate of drug-likeness (QED) is 0.772. The SMILES string of the molecule is NCc1cc(C(=O)Nc2ccc3oc(C4CC4)nc3c2)co1. The molecule has 0 atom stereocenters. The Kier molecular flexibility index (Phi) is 2.97. The molecule has 1 amide bonds. The lowest BCUT2D eigenvalue weighted by molar-refractivity contribution is 0.102. The molecule has 1 fully saturated rings. The summed E-state index contributed by atoms with van der Waals surface area (Å²) in [5.41, 5.74) is 8.08. The maximum absolute atomic E-state index is 12.1. The second kappa shape index (κ2) is 4.99. The van der Waals surface area contributed by atoms with E-state index in [1.54, 1.807) is 12.1 Å². The number of fused-ring (bicyclic) bond motifs is 1. The molecule has 6 heteroatoms. The third-order valence-electron chi connectivity index (χ3n) is 3.71. The first kappa shape index (κ1) is 13.1. The fourth-order valence-corrected chi connectivity index (χ4v) is 2.34. The van der Waals surface area contributed by atoms with Crippen LogP contribution in [0.4, 0.5) is 5.69 Å². The Hall–Kier alpha value is -2.60. The van der Waals surface area contributed by atoms with Crippen LogP contribution < -0.4 is 11.1 Å². The molecular weight excluding hydrogens is 282 g/mol. The molecule has 22 heavy (non-hydrogen) atoms. The van der Waals surface area contributed by atoms with Crippen molar-refractivity contribution < 1.29 is 13.6 Å². The topological polar surface area (TPSA) is 94.3 Å². The average molecular weight is 297 g/mol. The molecule has 112 valence electrons. The Morgan fingerprint density at radius 1 is 1.36 bits per heavy atom. The predicted molar refractivity (Wildman–Crippen MR) is 80.5 cm³/mol. The number of furan rings is 1. The summed E-state index contributed by atoms with van der Waals surface area (Å²) < 4.78 is 10.9. The van der Waals surface area contributed by atoms with Gasteiger partial charge in [-0.25, -0.2) is 4.98 Å². The van der Waals surface area contributed by atoms with Crippen molar-refractivity contribution in [3.05, 3.63) is 47.7 Å². The van der Waals surface area contributed by atoms with Gasteiger partial charge in [0.05, 0.1) is 12.1 Å². The molecule has 1 aliphatic carbocycles. The van der Waals surface area contributed by atoms with Gasteiger partial charge < -0.3 is 19.9 Å². The summed E-state index contributed by atoms with van der Waals surface area (Å²) in [6.07, 6.45) is 3.68. The van der Waals surface area contributed by atoms with E-state index in [-0.39, 0.29) is 12.5 Å². The molecule has 3 aromatic rings. The number of anilines is 1. The lowest BCUT2D eigenvalue weighted by Crippen LogP contribution is -2.10. The summed E-state index contributed by atoms with van der Waals surface area (Å²) in [6, 6.07) is 7.07. The van der Waals surface area contributed by atoms with Crippen molar-refractivity contribution in [1.29, 1.82) is 0 Å². The van der Waals surface area contributed by atoms with E-state index in [1.807, 2.05) is 12.1 Å². The van der Waals surface area contributed by atoms with Crippen molar-refractivity contribution in [2.24, 2.45) is 5.73 Å². The number of oxazole rings is 1. The van der Waals surface area contributed by atoms with Crippen LogP contribution in [0.2, 0.25) is 0 Å². The third-order valence-corrected chi connectivity index (χ3v) is 3.71. The molecule has 0 bridgehead atoms. The molecule has 0 saturated heterocycles. The van der Waals surface area contributed by atoms with E-state index in [4.69, 9.17) is 14.6 Å². The highest BCUT2D eigenvalue weighted by Gasteiger charge is 2.28. The summed E-state index contributed by atoms with van der Waals surface area (Å²) in [5.74, 6) is 1.59. The average Bonchev–Trinajstić information content (AvgIpc) is 3.11. The normalized spacial score (nSPS) is 14.4. The highest BCUT2D eigenvalue weighted by atomic mass is 16.3. The van der Waals surface area contributed by atoms with Gasteiger partial charge in [0.1, 0.15) is 17.5 Å². The Morgan fingerprint density at radius 2 is 2.23 bits per heavy atom. The zero-order valence-corrected chi connectivity index (χ0v) is 11.8. The van der Waals surface area contributed by atoms with Crippen LogP contribution in [0.1, 0.15) is 40.8 Å². The van der Waals surface area contributed by atoms with Crippen molar-refractivity contribution in [2.75, 3.05) is 5.32 Å². The first-order valence-electron chi connectivity index (χ1n) is 7.22. The highest BCUT2D eigenvalue weighted by molar-refractivity contribution is 6.04. The van der Waals surface area contributed by atoms with Gasteiger partial charge in [-0.2, -0.15) is 0 Å². The summed E-state index contributed by atoms with van der Waals surface area (Å²) in [5, 5.41) is 2.82. The van der Waals surface area contributed by atoms with Crippen molar-refractivity contribution >= 4 is 22.7 Å². The molecule has 0 aliphatic heterocycles. The molecule has 0 spiro atoms. The van der Waals surface area contributed by atoms with Crippen molar-refractivity contribution in [2.45, 2.75) is 25.3 Å². The van der Waals surface area contributed by atoms with Crippen LogP contribution in [0.5, 0.6) is 0 Å². The van der Waals surface area contributed by atoms with E-state index in [2.05, 4.69) is 10.3 Å². The maximum atomic E-state index is 12.1. The number of hydrogen-bond donors (Lipinski definition) is 2. The molecule has 1 aliphatic rings. The molecule has 0 radical (unpaired) electrons. The Labute approximate surface area is 126 Å². The summed E-state index contributed by atoms with van der Waals surface area (Å²) in [7, 11) is 0. The van der Waals surface area contributed by atoms with E-state index in [0.717, 1.165) is 29.8 Å². The van der Waals surface area contributed by atoms with Crippen LogP contribution in [0, 0.1) is 0 Å². The molecule has 6 nitrogen and oxygen atoms in total. The lowest BCUT2D eigenvalue weighted by Gasteiger charge is -2.02. The molecular formula is C16H15N3O3. The van der Waals surface area contributed by atoms with E-state index in [0.29, 0.717) is 22.9 Å². The number of hydrogen-bond acceptors (Lipinski definition) is 5. The van der Waals surface area contributed by atoms with E-state index >= 15 is 0 Å². The Morgan fingerprint density at radius 3 is 2.95 bits per heavy atom. The maximum Gasteiger partial charge on any atom is 0.258 e. The zero-order valence-electron chi connectivity index (χ0n) is 11.8. The fourth-order valence-electron chi connectivity index (χ4n) is 2.34. The summed E-state index contributed by atoms with van der Waals surface area (Å²) in [4.78, 5) is 16.6. The van der Waals surface area contributed by atoms with Crippen LogP contribution in [0.3, 0.4) is 0 Å². The van der Waals surface area contributed by atoms with Crippen LogP contribution in [-0.2, 0) is 6.54 Å². The second-order valence-electron chi connectivity index (χ2n) is 5.47. The third kappa shape index (κ3) is 2.37. The minimum atomic E-state index is -0.242. The number of carbonyl (C=O) groups excluding carboxylic acids is 1. The van der Waals surface area contributed by atoms with Gasteiger partial charge in [-0.3, -0.25) is 4.79 Å². The molecule has 1 aromatic carbocycles. The number of nitrogens with one attached hydrogen (secondary N) is 1. The molecule has 0 unspecified atom stereocenters. The predicted octanol–water partition coefficient (Wildman–Crippen LogP) is 3.01. The van der Waals surface area contributed by atoms with E-state index in [1.165, 1.54) is 6.26 Å². The largest absolute Gasteiger partial charge is 0.467 e. The van der Waals surface area contributed by atoms with E-state index < -0.39 is 0 Å². The smallest absolute Gasteiger partial charge is 0.258 e. The van der Waals surface area contributed by atoms with E-state index in [9.17, 15) is 4.79 Å². The molecule has 4 rings (SSSR count). The van der Waals surface area contributed by atoms with Crippen molar-refractivity contribution in [3.8, 4) is 0 Å². The molecule has 1 saturated carbocycles. The van der Waals surface area contributed by atoms with Gasteiger partial charge in [0.15, 0.2) is 11.5 Å². The van der Waals surface area contributed by atoms with Gasteiger partial charge in [0.25, 0.3) is 5.91 Å². The van der Waals surface area contributed by atoms with Crippen LogP contribution in [0.25, 0.3) is 11.1 Å². The van der Waals surface area contributed by atoms with Gasteiger partial charge in [-0.05, 0) is 37.1 Å². The second-order valence-corrected chi connectivity index (χ2v) is 5.47.